The molecule has 0 unspecified atom stereocenters. The lowest BCUT2D eigenvalue weighted by Crippen LogP contribution is -2.41. The number of aliphatic hydroxyl groups is 2. The first-order chi connectivity index (χ1) is 8.37. The molecule has 3 N–H and O–H groups in total. The average molecular weight is 480 g/mol. The zero-order valence-corrected chi connectivity index (χ0v) is 13.3. The molecule has 18 heavy (non-hydrogen) atoms. The third-order valence-electron chi connectivity index (χ3n) is 2.66. The monoisotopic (exact) mass is 480 g/mol. The van der Waals surface area contributed by atoms with Gasteiger partial charge < -0.3 is 14.9 Å². The van der Waals surface area contributed by atoms with Gasteiger partial charge >= 0.3 is 5.69 Å². The van der Waals surface area contributed by atoms with Crippen molar-refractivity contribution in [1.82, 2.24) is 9.55 Å². The Labute approximate surface area is 128 Å². The SMILES string of the molecule is O=c1[nH]c(=O)n([C@@]2(I)C[C@H](O)[C@@H](CO)O2)cc1I. The largest absolute Gasteiger partial charge is 0.394 e. The minimum absolute atomic E-state index is 0.154. The molecule has 1 saturated heterocycles. The lowest BCUT2D eigenvalue weighted by atomic mass is 10.2. The molecule has 1 aromatic heterocycles. The van der Waals surface area contributed by atoms with Crippen LogP contribution < -0.4 is 11.2 Å². The van der Waals surface area contributed by atoms with E-state index in [9.17, 15) is 14.7 Å². The molecule has 1 aliphatic rings. The number of aliphatic hydroxyl groups excluding tert-OH is 2. The van der Waals surface area contributed by atoms with E-state index in [0.717, 1.165) is 0 Å². The minimum Gasteiger partial charge on any atom is -0.394 e. The fourth-order valence-electron chi connectivity index (χ4n) is 1.76. The van der Waals surface area contributed by atoms with E-state index in [2.05, 4.69) is 4.98 Å². The Hall–Kier alpha value is 0.0200. The number of aromatic amines is 1. The van der Waals surface area contributed by atoms with Gasteiger partial charge in [-0.25, -0.2) is 4.79 Å². The third-order valence-corrected chi connectivity index (χ3v) is 4.64. The van der Waals surface area contributed by atoms with E-state index >= 15 is 0 Å². The van der Waals surface area contributed by atoms with Crippen LogP contribution in [0.1, 0.15) is 6.42 Å². The zero-order valence-electron chi connectivity index (χ0n) is 8.97. The van der Waals surface area contributed by atoms with Crippen LogP contribution in [0.25, 0.3) is 0 Å². The van der Waals surface area contributed by atoms with Crippen LogP contribution in [0.5, 0.6) is 0 Å². The van der Waals surface area contributed by atoms with Gasteiger partial charge in [0.1, 0.15) is 6.10 Å². The number of rotatable bonds is 2. The summed E-state index contributed by atoms with van der Waals surface area (Å²) in [5, 5.41) is 18.8. The first-order valence-electron chi connectivity index (χ1n) is 5.05. The van der Waals surface area contributed by atoms with Gasteiger partial charge in [0.25, 0.3) is 5.56 Å². The van der Waals surface area contributed by atoms with Crippen molar-refractivity contribution in [2.24, 2.45) is 0 Å². The molecule has 1 fully saturated rings. The maximum Gasteiger partial charge on any atom is 0.331 e. The van der Waals surface area contributed by atoms with E-state index in [4.69, 9.17) is 9.84 Å². The van der Waals surface area contributed by atoms with Crippen molar-refractivity contribution in [1.29, 1.82) is 0 Å². The van der Waals surface area contributed by atoms with Gasteiger partial charge in [0, 0.05) is 12.6 Å². The van der Waals surface area contributed by atoms with Gasteiger partial charge in [-0.3, -0.25) is 14.3 Å². The highest BCUT2D eigenvalue weighted by molar-refractivity contribution is 14.1. The zero-order chi connectivity index (χ0) is 13.5. The summed E-state index contributed by atoms with van der Waals surface area (Å²) >= 11 is 3.69. The van der Waals surface area contributed by atoms with Crippen LogP contribution in [0.3, 0.4) is 0 Å². The van der Waals surface area contributed by atoms with Gasteiger partial charge in [0.05, 0.1) is 16.3 Å². The maximum absolute atomic E-state index is 11.8. The number of nitrogens with zero attached hydrogens (tertiary/aromatic N) is 1. The maximum atomic E-state index is 11.8. The molecule has 0 aromatic carbocycles. The Balaban J connectivity index is 2.47. The number of aromatic nitrogens is 2. The normalized spacial score (nSPS) is 31.8. The highest BCUT2D eigenvalue weighted by Crippen LogP contribution is 2.39. The standard InChI is InChI=1S/C9H10I2N2O5/c10-4-2-13(8(17)12-7(4)16)9(11)1-5(15)6(3-14)18-9/h2,5-6,14-15H,1,3H2,(H,12,16,17)/t5-,6+,9-/m0/s1. The van der Waals surface area contributed by atoms with Crippen molar-refractivity contribution >= 4 is 45.2 Å². The van der Waals surface area contributed by atoms with Crippen molar-refractivity contribution < 1.29 is 14.9 Å². The van der Waals surface area contributed by atoms with E-state index < -0.39 is 27.2 Å². The number of ether oxygens (including phenoxy) is 1. The highest BCUT2D eigenvalue weighted by Gasteiger charge is 2.46. The van der Waals surface area contributed by atoms with Crippen molar-refractivity contribution in [2.45, 2.75) is 22.4 Å². The number of H-pyrrole nitrogens is 1. The van der Waals surface area contributed by atoms with Crippen molar-refractivity contribution in [3.63, 3.8) is 0 Å². The summed E-state index contributed by atoms with van der Waals surface area (Å²) in [4.78, 5) is 25.2. The van der Waals surface area contributed by atoms with Crippen molar-refractivity contribution in [3.05, 3.63) is 30.6 Å². The van der Waals surface area contributed by atoms with E-state index in [1.54, 1.807) is 22.6 Å². The summed E-state index contributed by atoms with van der Waals surface area (Å²) < 4.78 is 5.95. The molecule has 100 valence electrons. The second-order valence-electron chi connectivity index (χ2n) is 3.91. The van der Waals surface area contributed by atoms with Gasteiger partial charge in [-0.05, 0) is 45.2 Å². The molecule has 0 bridgehead atoms. The van der Waals surface area contributed by atoms with Gasteiger partial charge in [-0.15, -0.1) is 0 Å². The molecule has 3 atom stereocenters. The molecule has 0 radical (unpaired) electrons. The third kappa shape index (κ3) is 2.50. The summed E-state index contributed by atoms with van der Waals surface area (Å²) in [5.41, 5.74) is -1.07. The van der Waals surface area contributed by atoms with Gasteiger partial charge in [-0.1, -0.05) is 0 Å². The molecule has 2 heterocycles. The number of nitrogens with one attached hydrogen (secondary N) is 1. The molecule has 7 nitrogen and oxygen atoms in total. The van der Waals surface area contributed by atoms with Gasteiger partial charge in [0.15, 0.2) is 0 Å². The number of alkyl halides is 1. The fourth-order valence-corrected chi connectivity index (χ4v) is 3.31. The van der Waals surface area contributed by atoms with Crippen LogP contribution in [-0.4, -0.2) is 38.6 Å². The fraction of sp³-hybridized carbons (Fsp3) is 0.556. The minimum atomic E-state index is -1.11. The molecular weight excluding hydrogens is 470 g/mol. The van der Waals surface area contributed by atoms with E-state index in [0.29, 0.717) is 3.57 Å². The second-order valence-corrected chi connectivity index (χ2v) is 6.75. The summed E-state index contributed by atoms with van der Waals surface area (Å²) in [6.07, 6.45) is -0.0664. The number of hydrogen-bond acceptors (Lipinski definition) is 5. The van der Waals surface area contributed by atoms with Crippen LogP contribution in [0, 0.1) is 3.57 Å². The van der Waals surface area contributed by atoms with Gasteiger partial charge in [-0.2, -0.15) is 0 Å². The first kappa shape index (κ1) is 14.4. The summed E-state index contributed by atoms with van der Waals surface area (Å²) in [6.45, 7) is -0.332. The Morgan fingerprint density at radius 3 is 2.83 bits per heavy atom. The van der Waals surface area contributed by atoms with Crippen molar-refractivity contribution in [2.75, 3.05) is 6.61 Å². The summed E-state index contributed by atoms with van der Waals surface area (Å²) in [6, 6.07) is 0. The van der Waals surface area contributed by atoms with E-state index in [1.807, 2.05) is 22.6 Å². The van der Waals surface area contributed by atoms with Crippen molar-refractivity contribution in [3.8, 4) is 0 Å². The molecule has 1 aromatic rings. The van der Waals surface area contributed by atoms with Crippen LogP contribution in [0.4, 0.5) is 0 Å². The van der Waals surface area contributed by atoms with Gasteiger partial charge in [0.2, 0.25) is 3.73 Å². The summed E-state index contributed by atoms with van der Waals surface area (Å²) in [5.74, 6) is 0. The quantitative estimate of drug-likeness (QED) is 0.385. The number of hydrogen-bond donors (Lipinski definition) is 3. The second kappa shape index (κ2) is 5.19. The van der Waals surface area contributed by atoms with Crippen LogP contribution >= 0.6 is 45.2 Å². The Bertz CT molecular complexity index is 571. The molecule has 1 aliphatic heterocycles. The predicted molar refractivity (Wildman–Crippen MR) is 78.6 cm³/mol. The average Bonchev–Trinajstić information content (AvgIpc) is 2.59. The van der Waals surface area contributed by atoms with Crippen LogP contribution in [-0.2, 0) is 8.47 Å². The lowest BCUT2D eigenvalue weighted by molar-refractivity contribution is -0.0554. The molecule has 0 amide bonds. The Morgan fingerprint density at radius 1 is 1.61 bits per heavy atom. The predicted octanol–water partition coefficient (Wildman–Crippen LogP) is -0.671. The lowest BCUT2D eigenvalue weighted by Gasteiger charge is -2.24. The Kier molecular flexibility index (Phi) is 4.16. The van der Waals surface area contributed by atoms with Crippen LogP contribution in [0.15, 0.2) is 15.8 Å². The number of halogens is 2. The highest BCUT2D eigenvalue weighted by atomic mass is 127. The smallest absolute Gasteiger partial charge is 0.331 e. The topological polar surface area (TPSA) is 105 Å². The van der Waals surface area contributed by atoms with Crippen LogP contribution in [0.2, 0.25) is 0 Å². The van der Waals surface area contributed by atoms with E-state index in [-0.39, 0.29) is 13.0 Å². The summed E-state index contributed by atoms with van der Waals surface area (Å²) in [7, 11) is 0. The molecule has 0 aliphatic carbocycles. The molecule has 9 heteroatoms. The molecule has 2 rings (SSSR count). The molecular formula is C9H10I2N2O5. The molecule has 0 spiro atoms. The van der Waals surface area contributed by atoms with E-state index in [1.165, 1.54) is 10.8 Å². The Morgan fingerprint density at radius 2 is 2.28 bits per heavy atom. The molecule has 0 saturated carbocycles. The first-order valence-corrected chi connectivity index (χ1v) is 7.21.